The average molecular weight is 244 g/mol. The van der Waals surface area contributed by atoms with Crippen molar-refractivity contribution in [2.24, 2.45) is 0 Å². The van der Waals surface area contributed by atoms with Crippen LogP contribution in [0.4, 0.5) is 5.95 Å². The molecule has 96 valence electrons. The van der Waals surface area contributed by atoms with Crippen LogP contribution in [0.2, 0.25) is 0 Å². The van der Waals surface area contributed by atoms with Crippen molar-refractivity contribution in [1.29, 1.82) is 0 Å². The Morgan fingerprint density at radius 1 is 0.941 bits per heavy atom. The number of nitrogen functional groups attached to an aromatic ring is 1. The number of rotatable bonds is 8. The van der Waals surface area contributed by atoms with Gasteiger partial charge >= 0.3 is 12.0 Å². The van der Waals surface area contributed by atoms with Gasteiger partial charge in [0.1, 0.15) is 6.61 Å². The molecule has 17 heavy (non-hydrogen) atoms. The maximum Gasteiger partial charge on any atom is 0.324 e. The predicted molar refractivity (Wildman–Crippen MR) is 59.0 cm³/mol. The second-order valence-electron chi connectivity index (χ2n) is 2.92. The Kier molecular flexibility index (Phi) is 5.97. The molecule has 0 fully saturated rings. The van der Waals surface area contributed by atoms with Gasteiger partial charge in [0.05, 0.1) is 26.9 Å². The number of aromatic nitrogens is 3. The monoisotopic (exact) mass is 244 g/mol. The molecule has 0 amide bonds. The molecule has 8 nitrogen and oxygen atoms in total. The van der Waals surface area contributed by atoms with Crippen molar-refractivity contribution in [3.63, 3.8) is 0 Å². The van der Waals surface area contributed by atoms with E-state index in [1.54, 1.807) is 7.11 Å². The highest BCUT2D eigenvalue weighted by molar-refractivity contribution is 5.20. The molecule has 2 N–H and O–H groups in total. The minimum atomic E-state index is 0.0483. The third kappa shape index (κ3) is 5.27. The lowest BCUT2D eigenvalue weighted by Crippen LogP contribution is -2.12. The molecule has 0 saturated heterocycles. The molecule has 1 heterocycles. The molecule has 1 rings (SSSR count). The fourth-order valence-electron chi connectivity index (χ4n) is 0.945. The molecule has 0 radical (unpaired) electrons. The topological polar surface area (TPSA) is 102 Å². The van der Waals surface area contributed by atoms with Crippen molar-refractivity contribution in [2.45, 2.75) is 0 Å². The Morgan fingerprint density at radius 3 is 2.35 bits per heavy atom. The summed E-state index contributed by atoms with van der Waals surface area (Å²) >= 11 is 0. The lowest BCUT2D eigenvalue weighted by Gasteiger charge is -2.06. The molecule has 1 aromatic heterocycles. The molecule has 1 aromatic rings. The molecule has 0 aliphatic heterocycles. The second kappa shape index (κ2) is 7.58. The molecule has 0 spiro atoms. The fraction of sp³-hybridized carbons (Fsp3) is 0.667. The number of methoxy groups -OCH3 is 2. The number of ether oxygens (including phenoxy) is 4. The van der Waals surface area contributed by atoms with Crippen molar-refractivity contribution in [1.82, 2.24) is 15.0 Å². The van der Waals surface area contributed by atoms with Crippen molar-refractivity contribution >= 4 is 5.95 Å². The van der Waals surface area contributed by atoms with Crippen LogP contribution in [0.15, 0.2) is 0 Å². The normalized spacial score (nSPS) is 10.2. The van der Waals surface area contributed by atoms with Crippen LogP contribution in [0.5, 0.6) is 12.0 Å². The average Bonchev–Trinajstić information content (AvgIpc) is 2.33. The summed E-state index contributed by atoms with van der Waals surface area (Å²) in [5.74, 6) is 0.0483. The number of nitrogens with zero attached hydrogens (tertiary/aromatic N) is 3. The first-order valence-corrected chi connectivity index (χ1v) is 5.01. The SMILES string of the molecule is COCCOCCOc1nc(N)nc(OC)n1. The van der Waals surface area contributed by atoms with Crippen molar-refractivity contribution in [3.05, 3.63) is 0 Å². The van der Waals surface area contributed by atoms with Crippen LogP contribution in [0.1, 0.15) is 0 Å². The highest BCUT2D eigenvalue weighted by Crippen LogP contribution is 2.09. The van der Waals surface area contributed by atoms with E-state index in [1.807, 2.05) is 0 Å². The van der Waals surface area contributed by atoms with Crippen LogP contribution < -0.4 is 15.2 Å². The van der Waals surface area contributed by atoms with Gasteiger partial charge in [-0.15, -0.1) is 4.98 Å². The third-order valence-corrected chi connectivity index (χ3v) is 1.68. The number of nitrogens with two attached hydrogens (primary N) is 1. The van der Waals surface area contributed by atoms with E-state index in [-0.39, 0.29) is 18.0 Å². The Labute approximate surface area is 99.1 Å². The fourth-order valence-corrected chi connectivity index (χ4v) is 0.945. The van der Waals surface area contributed by atoms with E-state index >= 15 is 0 Å². The number of hydrogen-bond donors (Lipinski definition) is 1. The summed E-state index contributed by atoms with van der Waals surface area (Å²) in [6, 6.07) is 0.234. The number of anilines is 1. The first kappa shape index (κ1) is 13.4. The van der Waals surface area contributed by atoms with Gasteiger partial charge < -0.3 is 24.7 Å². The summed E-state index contributed by atoms with van der Waals surface area (Å²) in [7, 11) is 3.05. The van der Waals surface area contributed by atoms with Gasteiger partial charge in [-0.1, -0.05) is 0 Å². The van der Waals surface area contributed by atoms with Crippen LogP contribution in [0.25, 0.3) is 0 Å². The standard InChI is InChI=1S/C9H16N4O4/c1-14-3-4-16-5-6-17-9-12-7(10)11-8(13-9)15-2/h3-6H2,1-2H3,(H2,10,11,12,13). The largest absolute Gasteiger partial charge is 0.467 e. The van der Waals surface area contributed by atoms with Gasteiger partial charge in [0.2, 0.25) is 5.95 Å². The van der Waals surface area contributed by atoms with Crippen LogP contribution in [0.3, 0.4) is 0 Å². The highest BCUT2D eigenvalue weighted by atomic mass is 16.5. The third-order valence-electron chi connectivity index (χ3n) is 1.68. The molecule has 0 unspecified atom stereocenters. The van der Waals surface area contributed by atoms with Gasteiger partial charge in [0, 0.05) is 7.11 Å². The van der Waals surface area contributed by atoms with E-state index in [1.165, 1.54) is 7.11 Å². The number of hydrogen-bond acceptors (Lipinski definition) is 8. The lowest BCUT2D eigenvalue weighted by atomic mass is 10.7. The zero-order valence-corrected chi connectivity index (χ0v) is 9.88. The van der Waals surface area contributed by atoms with Crippen LogP contribution in [-0.2, 0) is 9.47 Å². The molecular formula is C9H16N4O4. The van der Waals surface area contributed by atoms with Gasteiger partial charge in [-0.25, -0.2) is 0 Å². The molecule has 0 aliphatic carbocycles. The van der Waals surface area contributed by atoms with Crippen molar-refractivity contribution in [2.75, 3.05) is 46.4 Å². The molecule has 0 atom stereocenters. The van der Waals surface area contributed by atoms with Gasteiger partial charge in [0.25, 0.3) is 0 Å². The molecule has 0 bridgehead atoms. The van der Waals surface area contributed by atoms with Gasteiger partial charge in [-0.05, 0) is 0 Å². The quantitative estimate of drug-likeness (QED) is 0.611. The summed E-state index contributed by atoms with van der Waals surface area (Å²) < 4.78 is 20.1. The van der Waals surface area contributed by atoms with Crippen molar-refractivity contribution in [3.8, 4) is 12.0 Å². The summed E-state index contributed by atoms with van der Waals surface area (Å²) in [5.41, 5.74) is 5.43. The molecule has 0 aromatic carbocycles. The minimum absolute atomic E-state index is 0.0483. The maximum atomic E-state index is 5.43. The Bertz CT molecular complexity index is 337. The van der Waals surface area contributed by atoms with Gasteiger partial charge in [0.15, 0.2) is 0 Å². The molecule has 8 heteroatoms. The minimum Gasteiger partial charge on any atom is -0.467 e. The Balaban J connectivity index is 2.28. The van der Waals surface area contributed by atoms with E-state index in [0.29, 0.717) is 26.4 Å². The van der Waals surface area contributed by atoms with Gasteiger partial charge in [-0.3, -0.25) is 0 Å². The second-order valence-corrected chi connectivity index (χ2v) is 2.92. The van der Waals surface area contributed by atoms with Crippen molar-refractivity contribution < 1.29 is 18.9 Å². The summed E-state index contributed by atoms with van der Waals surface area (Å²) in [5, 5.41) is 0. The van der Waals surface area contributed by atoms with E-state index in [2.05, 4.69) is 15.0 Å². The lowest BCUT2D eigenvalue weighted by molar-refractivity contribution is 0.0527. The molecular weight excluding hydrogens is 228 g/mol. The maximum absolute atomic E-state index is 5.43. The highest BCUT2D eigenvalue weighted by Gasteiger charge is 2.04. The zero-order valence-electron chi connectivity index (χ0n) is 9.88. The Hall–Kier alpha value is -1.67. The van der Waals surface area contributed by atoms with Crippen LogP contribution >= 0.6 is 0 Å². The predicted octanol–water partition coefficient (Wildman–Crippen LogP) is -0.496. The molecule has 0 saturated carbocycles. The first-order chi connectivity index (χ1) is 8.26. The summed E-state index contributed by atoms with van der Waals surface area (Å²) in [6.07, 6.45) is 0. The van der Waals surface area contributed by atoms with Crippen LogP contribution in [0, 0.1) is 0 Å². The van der Waals surface area contributed by atoms with E-state index in [4.69, 9.17) is 24.7 Å². The zero-order chi connectivity index (χ0) is 12.5. The summed E-state index contributed by atoms with van der Waals surface area (Å²) in [4.78, 5) is 11.4. The van der Waals surface area contributed by atoms with E-state index in [9.17, 15) is 0 Å². The van der Waals surface area contributed by atoms with Crippen LogP contribution in [-0.4, -0.2) is 55.6 Å². The van der Waals surface area contributed by atoms with E-state index < -0.39 is 0 Å². The first-order valence-electron chi connectivity index (χ1n) is 5.01. The van der Waals surface area contributed by atoms with E-state index in [0.717, 1.165) is 0 Å². The van der Waals surface area contributed by atoms with Gasteiger partial charge in [-0.2, -0.15) is 9.97 Å². The smallest absolute Gasteiger partial charge is 0.324 e. The summed E-state index contributed by atoms with van der Waals surface area (Å²) in [6.45, 7) is 1.79. The Morgan fingerprint density at radius 2 is 1.65 bits per heavy atom. The molecule has 0 aliphatic rings.